The summed E-state index contributed by atoms with van der Waals surface area (Å²) in [6.45, 7) is 0.411. The summed E-state index contributed by atoms with van der Waals surface area (Å²) in [7, 11) is 0. The van der Waals surface area contributed by atoms with Crippen molar-refractivity contribution in [3.05, 3.63) is 59.9 Å². The Bertz CT molecular complexity index is 782. The van der Waals surface area contributed by atoms with Gasteiger partial charge in [0.2, 0.25) is 5.91 Å². The standard InChI is InChI=1S/C20H22F3N3O2/c21-20(22,23)18-9-6-15(19(24)27)12-26(18)11-14-4-7-17(8-5-14)28-13-16-3-1-2-10-25-16/h1-5,7-8,10,15,18H,6,9,11-13H2,(H2,24,27)/t15-,18-/m0/s1. The van der Waals surface area contributed by atoms with E-state index in [-0.39, 0.29) is 25.9 Å². The van der Waals surface area contributed by atoms with Crippen molar-refractivity contribution in [2.45, 2.75) is 38.2 Å². The molecule has 150 valence electrons. The molecule has 0 spiro atoms. The van der Waals surface area contributed by atoms with Gasteiger partial charge in [-0.1, -0.05) is 18.2 Å². The number of likely N-dealkylation sites (tertiary alicyclic amines) is 1. The zero-order chi connectivity index (χ0) is 20.1. The molecule has 0 radical (unpaired) electrons. The number of carbonyl (C=O) groups is 1. The van der Waals surface area contributed by atoms with Gasteiger partial charge in [0.1, 0.15) is 18.4 Å². The second-order valence-electron chi connectivity index (χ2n) is 6.92. The van der Waals surface area contributed by atoms with Gasteiger partial charge in [-0.15, -0.1) is 0 Å². The first kappa shape index (κ1) is 20.1. The van der Waals surface area contributed by atoms with E-state index in [2.05, 4.69) is 4.98 Å². The number of alkyl halides is 3. The zero-order valence-corrected chi connectivity index (χ0v) is 15.2. The normalized spacial score (nSPS) is 20.7. The molecule has 2 heterocycles. The van der Waals surface area contributed by atoms with Gasteiger partial charge in [0.25, 0.3) is 0 Å². The van der Waals surface area contributed by atoms with Gasteiger partial charge in [-0.05, 0) is 42.7 Å². The van der Waals surface area contributed by atoms with Gasteiger partial charge in [0.15, 0.2) is 0 Å². The summed E-state index contributed by atoms with van der Waals surface area (Å²) >= 11 is 0. The van der Waals surface area contributed by atoms with Crippen molar-refractivity contribution < 1.29 is 22.7 Å². The van der Waals surface area contributed by atoms with E-state index in [1.54, 1.807) is 30.5 Å². The molecule has 2 atom stereocenters. The Morgan fingerprint density at radius 3 is 2.54 bits per heavy atom. The molecule has 2 aromatic rings. The monoisotopic (exact) mass is 393 g/mol. The number of nitrogens with zero attached hydrogens (tertiary/aromatic N) is 2. The Kier molecular flexibility index (Phi) is 6.18. The lowest BCUT2D eigenvalue weighted by atomic mass is 9.91. The number of primary amides is 1. The molecule has 1 fully saturated rings. The van der Waals surface area contributed by atoms with Crippen molar-refractivity contribution in [1.29, 1.82) is 0 Å². The van der Waals surface area contributed by atoms with Crippen molar-refractivity contribution in [3.8, 4) is 5.75 Å². The van der Waals surface area contributed by atoms with Crippen molar-refractivity contribution >= 4 is 5.91 Å². The predicted octanol–water partition coefficient (Wildman–Crippen LogP) is 3.29. The smallest absolute Gasteiger partial charge is 0.404 e. The number of aromatic nitrogens is 1. The van der Waals surface area contributed by atoms with E-state index in [1.165, 1.54) is 4.90 Å². The van der Waals surface area contributed by atoms with Crippen LogP contribution in [0, 0.1) is 5.92 Å². The fourth-order valence-corrected chi connectivity index (χ4v) is 3.39. The summed E-state index contributed by atoms with van der Waals surface area (Å²) in [5.74, 6) is -0.501. The number of hydrogen-bond donors (Lipinski definition) is 1. The van der Waals surface area contributed by atoms with Gasteiger partial charge < -0.3 is 10.5 Å². The van der Waals surface area contributed by atoms with E-state index < -0.39 is 24.0 Å². The lowest BCUT2D eigenvalue weighted by molar-refractivity contribution is -0.197. The van der Waals surface area contributed by atoms with Crippen LogP contribution in [-0.4, -0.2) is 34.6 Å². The van der Waals surface area contributed by atoms with Crippen LogP contribution in [0.3, 0.4) is 0 Å². The van der Waals surface area contributed by atoms with Crippen LogP contribution in [0.4, 0.5) is 13.2 Å². The number of nitrogens with two attached hydrogens (primary N) is 1. The molecule has 2 N–H and O–H groups in total. The third-order valence-corrected chi connectivity index (χ3v) is 4.89. The Morgan fingerprint density at radius 2 is 1.93 bits per heavy atom. The summed E-state index contributed by atoms with van der Waals surface area (Å²) in [4.78, 5) is 16.9. The summed E-state index contributed by atoms with van der Waals surface area (Å²) in [5.41, 5.74) is 6.81. The first-order valence-corrected chi connectivity index (χ1v) is 9.04. The average molecular weight is 393 g/mol. The van der Waals surface area contributed by atoms with E-state index in [4.69, 9.17) is 10.5 Å². The molecular formula is C20H22F3N3O2. The van der Waals surface area contributed by atoms with Crippen molar-refractivity contribution in [3.63, 3.8) is 0 Å². The minimum atomic E-state index is -4.34. The quantitative estimate of drug-likeness (QED) is 0.818. The van der Waals surface area contributed by atoms with E-state index in [0.29, 0.717) is 17.9 Å². The van der Waals surface area contributed by atoms with Crippen LogP contribution in [0.25, 0.3) is 0 Å². The maximum absolute atomic E-state index is 13.4. The van der Waals surface area contributed by atoms with Crippen LogP contribution < -0.4 is 10.5 Å². The molecule has 1 aliphatic heterocycles. The molecule has 1 aromatic carbocycles. The Hall–Kier alpha value is -2.61. The fourth-order valence-electron chi connectivity index (χ4n) is 3.39. The van der Waals surface area contributed by atoms with Crippen LogP contribution in [0.1, 0.15) is 24.1 Å². The summed E-state index contributed by atoms with van der Waals surface area (Å²) < 4.78 is 45.7. The predicted molar refractivity (Wildman–Crippen MR) is 97.2 cm³/mol. The molecule has 0 unspecified atom stereocenters. The van der Waals surface area contributed by atoms with Crippen LogP contribution in [0.5, 0.6) is 5.75 Å². The molecule has 3 rings (SSSR count). The number of ether oxygens (including phenoxy) is 1. The fraction of sp³-hybridized carbons (Fsp3) is 0.400. The molecule has 0 saturated carbocycles. The lowest BCUT2D eigenvalue weighted by Crippen LogP contribution is -2.52. The van der Waals surface area contributed by atoms with Gasteiger partial charge in [0.05, 0.1) is 11.6 Å². The van der Waals surface area contributed by atoms with Gasteiger partial charge in [-0.2, -0.15) is 13.2 Å². The Labute approximate surface area is 161 Å². The highest BCUT2D eigenvalue weighted by atomic mass is 19.4. The number of benzene rings is 1. The minimum Gasteiger partial charge on any atom is -0.487 e. The highest BCUT2D eigenvalue weighted by Gasteiger charge is 2.46. The van der Waals surface area contributed by atoms with Gasteiger partial charge >= 0.3 is 6.18 Å². The largest absolute Gasteiger partial charge is 0.487 e. The maximum Gasteiger partial charge on any atom is 0.404 e. The highest BCUT2D eigenvalue weighted by Crippen LogP contribution is 2.34. The van der Waals surface area contributed by atoms with Crippen molar-refractivity contribution in [2.75, 3.05) is 6.54 Å². The second-order valence-corrected chi connectivity index (χ2v) is 6.92. The van der Waals surface area contributed by atoms with Crippen molar-refractivity contribution in [2.24, 2.45) is 11.7 Å². The topological polar surface area (TPSA) is 68.5 Å². The highest BCUT2D eigenvalue weighted by molar-refractivity contribution is 5.77. The summed E-state index contributed by atoms with van der Waals surface area (Å²) in [6, 6.07) is 10.9. The average Bonchev–Trinajstić information content (AvgIpc) is 2.67. The van der Waals surface area contributed by atoms with Crippen LogP contribution in [0.2, 0.25) is 0 Å². The van der Waals surface area contributed by atoms with Crippen LogP contribution in [0.15, 0.2) is 48.7 Å². The number of pyridine rings is 1. The van der Waals surface area contributed by atoms with Crippen LogP contribution in [-0.2, 0) is 17.9 Å². The van der Waals surface area contributed by atoms with Gasteiger partial charge in [-0.25, -0.2) is 0 Å². The molecule has 5 nitrogen and oxygen atoms in total. The van der Waals surface area contributed by atoms with Crippen LogP contribution >= 0.6 is 0 Å². The number of rotatable bonds is 6. The van der Waals surface area contributed by atoms with E-state index in [9.17, 15) is 18.0 Å². The first-order chi connectivity index (χ1) is 13.3. The summed E-state index contributed by atoms with van der Waals surface area (Å²) in [5, 5.41) is 0. The van der Waals surface area contributed by atoms with Gasteiger partial charge in [0, 0.05) is 19.3 Å². The third kappa shape index (κ3) is 5.22. The van der Waals surface area contributed by atoms with E-state index in [0.717, 1.165) is 5.69 Å². The SMILES string of the molecule is NC(=O)[C@H]1CC[C@@H](C(F)(F)F)N(Cc2ccc(OCc3ccccn3)cc2)C1. The molecule has 1 aliphatic rings. The van der Waals surface area contributed by atoms with E-state index >= 15 is 0 Å². The number of hydrogen-bond acceptors (Lipinski definition) is 4. The third-order valence-electron chi connectivity index (χ3n) is 4.89. The molecule has 1 saturated heterocycles. The lowest BCUT2D eigenvalue weighted by Gasteiger charge is -2.39. The van der Waals surface area contributed by atoms with Gasteiger partial charge in [-0.3, -0.25) is 14.7 Å². The minimum absolute atomic E-state index is 0.0113. The molecule has 0 aliphatic carbocycles. The Morgan fingerprint density at radius 1 is 1.18 bits per heavy atom. The summed E-state index contributed by atoms with van der Waals surface area (Å²) in [6.07, 6.45) is -2.62. The molecule has 1 aromatic heterocycles. The first-order valence-electron chi connectivity index (χ1n) is 9.04. The molecule has 1 amide bonds. The number of piperidine rings is 1. The number of halogens is 3. The van der Waals surface area contributed by atoms with Crippen molar-refractivity contribution in [1.82, 2.24) is 9.88 Å². The maximum atomic E-state index is 13.4. The molecular weight excluding hydrogens is 371 g/mol. The molecule has 28 heavy (non-hydrogen) atoms. The molecule has 0 bridgehead atoms. The molecule has 8 heteroatoms. The Balaban J connectivity index is 1.64. The second kappa shape index (κ2) is 8.60. The van der Waals surface area contributed by atoms with E-state index in [1.807, 2.05) is 18.2 Å². The number of amides is 1. The zero-order valence-electron chi connectivity index (χ0n) is 15.2. The number of carbonyl (C=O) groups excluding carboxylic acids is 1.